The van der Waals surface area contributed by atoms with E-state index in [0.29, 0.717) is 6.54 Å². The molecule has 0 fully saturated rings. The minimum Gasteiger partial charge on any atom is -0.411 e. The highest BCUT2D eigenvalue weighted by atomic mass is 16.4. The first-order valence-electron chi connectivity index (χ1n) is 5.14. The smallest absolute Gasteiger partial charge is 0.265 e. The Kier molecular flexibility index (Phi) is 8.91. The van der Waals surface area contributed by atoms with Gasteiger partial charge in [-0.1, -0.05) is 17.3 Å². The van der Waals surface area contributed by atoms with Gasteiger partial charge in [-0.05, 0) is 6.42 Å². The molecule has 1 amide bonds. The van der Waals surface area contributed by atoms with Crippen LogP contribution in [0.25, 0.3) is 0 Å². The fourth-order valence-corrected chi connectivity index (χ4v) is 1.23. The zero-order valence-electron chi connectivity index (χ0n) is 9.43. The molecule has 90 valence electrons. The normalized spacial score (nSPS) is 10.6. The van der Waals surface area contributed by atoms with Gasteiger partial charge in [0.25, 0.3) is 5.91 Å². The molecule has 0 heterocycles. The second kappa shape index (κ2) is 9.92. The Bertz CT molecular complexity index is 242. The van der Waals surface area contributed by atoms with Crippen molar-refractivity contribution in [2.45, 2.75) is 6.42 Å². The molecule has 5 heteroatoms. The molecule has 16 heavy (non-hydrogen) atoms. The van der Waals surface area contributed by atoms with E-state index in [9.17, 15) is 4.79 Å². The summed E-state index contributed by atoms with van der Waals surface area (Å²) in [4.78, 5) is 13.0. The van der Waals surface area contributed by atoms with Crippen LogP contribution in [0, 0.1) is 0 Å². The quantitative estimate of drug-likeness (QED) is 0.199. The van der Waals surface area contributed by atoms with E-state index in [0.717, 1.165) is 32.3 Å². The van der Waals surface area contributed by atoms with Crippen LogP contribution in [-0.2, 0) is 4.79 Å². The average Bonchev–Trinajstić information content (AvgIpc) is 2.25. The third-order valence-electron chi connectivity index (χ3n) is 1.90. The molecule has 0 radical (unpaired) electrons. The standard InChI is InChI=1S/C11H19N3O2/c1-3-7-14(8-4-2)9-5-6-12-11(15)10-13-16/h3-4,10,16H,1-2,5-9H2,(H,12,15)/b13-10+. The van der Waals surface area contributed by atoms with Crippen LogP contribution in [0.4, 0.5) is 0 Å². The number of nitrogens with one attached hydrogen (secondary N) is 1. The molecule has 0 bridgehead atoms. The third kappa shape index (κ3) is 7.75. The van der Waals surface area contributed by atoms with Crippen molar-refractivity contribution in [2.75, 3.05) is 26.2 Å². The Morgan fingerprint density at radius 2 is 2.00 bits per heavy atom. The van der Waals surface area contributed by atoms with E-state index in [1.54, 1.807) is 0 Å². The SMILES string of the molecule is C=CCN(CC=C)CCCNC(=O)/C=N/O. The van der Waals surface area contributed by atoms with Gasteiger partial charge in [-0.15, -0.1) is 13.2 Å². The van der Waals surface area contributed by atoms with Gasteiger partial charge in [0.2, 0.25) is 0 Å². The van der Waals surface area contributed by atoms with Gasteiger partial charge in [-0.25, -0.2) is 0 Å². The topological polar surface area (TPSA) is 64.9 Å². The van der Waals surface area contributed by atoms with Crippen molar-refractivity contribution >= 4 is 12.1 Å². The lowest BCUT2D eigenvalue weighted by Crippen LogP contribution is -2.30. The van der Waals surface area contributed by atoms with Crippen LogP contribution >= 0.6 is 0 Å². The lowest BCUT2D eigenvalue weighted by Gasteiger charge is -2.18. The molecular formula is C11H19N3O2. The summed E-state index contributed by atoms with van der Waals surface area (Å²) in [6, 6.07) is 0. The van der Waals surface area contributed by atoms with Gasteiger partial charge < -0.3 is 10.5 Å². The predicted molar refractivity (Wildman–Crippen MR) is 64.7 cm³/mol. The van der Waals surface area contributed by atoms with E-state index in [1.165, 1.54) is 0 Å². The van der Waals surface area contributed by atoms with Gasteiger partial charge in [0.05, 0.1) is 0 Å². The van der Waals surface area contributed by atoms with E-state index in [-0.39, 0.29) is 5.91 Å². The van der Waals surface area contributed by atoms with Crippen LogP contribution in [0.15, 0.2) is 30.5 Å². The highest BCUT2D eigenvalue weighted by Crippen LogP contribution is 1.91. The van der Waals surface area contributed by atoms with Gasteiger partial charge in [-0.2, -0.15) is 0 Å². The van der Waals surface area contributed by atoms with Gasteiger partial charge in [0.1, 0.15) is 6.21 Å². The fourth-order valence-electron chi connectivity index (χ4n) is 1.23. The maximum Gasteiger partial charge on any atom is 0.265 e. The molecule has 5 nitrogen and oxygen atoms in total. The summed E-state index contributed by atoms with van der Waals surface area (Å²) in [6.07, 6.45) is 5.33. The molecule has 0 aliphatic rings. The van der Waals surface area contributed by atoms with Gasteiger partial charge >= 0.3 is 0 Å². The minimum absolute atomic E-state index is 0.388. The molecule has 0 saturated carbocycles. The third-order valence-corrected chi connectivity index (χ3v) is 1.90. The predicted octanol–water partition coefficient (Wildman–Crippen LogP) is 0.627. The van der Waals surface area contributed by atoms with E-state index in [2.05, 4.69) is 28.5 Å². The van der Waals surface area contributed by atoms with Gasteiger partial charge in [0.15, 0.2) is 0 Å². The van der Waals surface area contributed by atoms with Crippen LogP contribution in [0.1, 0.15) is 6.42 Å². The number of carbonyl (C=O) groups excluding carboxylic acids is 1. The van der Waals surface area contributed by atoms with Crippen molar-refractivity contribution in [3.63, 3.8) is 0 Å². The largest absolute Gasteiger partial charge is 0.411 e. The second-order valence-electron chi connectivity index (χ2n) is 3.23. The van der Waals surface area contributed by atoms with Gasteiger partial charge in [-0.3, -0.25) is 9.69 Å². The summed E-state index contributed by atoms with van der Waals surface area (Å²) in [6.45, 7) is 10.4. The minimum atomic E-state index is -0.388. The molecule has 0 aromatic heterocycles. The number of oxime groups is 1. The summed E-state index contributed by atoms with van der Waals surface area (Å²) in [7, 11) is 0. The first-order valence-corrected chi connectivity index (χ1v) is 5.14. The monoisotopic (exact) mass is 225 g/mol. The molecule has 0 aromatic rings. The Morgan fingerprint density at radius 3 is 2.50 bits per heavy atom. The van der Waals surface area contributed by atoms with E-state index in [4.69, 9.17) is 5.21 Å². The van der Waals surface area contributed by atoms with Crippen LogP contribution in [0.2, 0.25) is 0 Å². The number of carbonyl (C=O) groups is 1. The van der Waals surface area contributed by atoms with Crippen molar-refractivity contribution in [3.8, 4) is 0 Å². The van der Waals surface area contributed by atoms with E-state index >= 15 is 0 Å². The van der Waals surface area contributed by atoms with Gasteiger partial charge in [0, 0.05) is 26.2 Å². The molecule has 0 aliphatic heterocycles. The number of rotatable bonds is 9. The van der Waals surface area contributed by atoms with Crippen LogP contribution in [-0.4, -0.2) is 48.4 Å². The highest BCUT2D eigenvalue weighted by molar-refractivity contribution is 6.25. The summed E-state index contributed by atoms with van der Waals surface area (Å²) < 4.78 is 0. The molecular weight excluding hydrogens is 206 g/mol. The highest BCUT2D eigenvalue weighted by Gasteiger charge is 2.00. The molecule has 0 aromatic carbocycles. The number of nitrogens with zero attached hydrogens (tertiary/aromatic N) is 2. The van der Waals surface area contributed by atoms with Crippen molar-refractivity contribution < 1.29 is 10.0 Å². The van der Waals surface area contributed by atoms with Crippen LogP contribution in [0.3, 0.4) is 0 Å². The molecule has 0 atom stereocenters. The van der Waals surface area contributed by atoms with Crippen molar-refractivity contribution in [1.82, 2.24) is 10.2 Å². The summed E-state index contributed by atoms with van der Waals surface area (Å²) in [5.41, 5.74) is 0. The van der Waals surface area contributed by atoms with Crippen molar-refractivity contribution in [1.29, 1.82) is 0 Å². The second-order valence-corrected chi connectivity index (χ2v) is 3.23. The zero-order valence-corrected chi connectivity index (χ0v) is 9.43. The summed E-state index contributed by atoms with van der Waals surface area (Å²) in [5, 5.41) is 13.3. The number of amides is 1. The molecule has 0 saturated heterocycles. The fraction of sp³-hybridized carbons (Fsp3) is 0.455. The lowest BCUT2D eigenvalue weighted by atomic mass is 10.3. The summed E-state index contributed by atoms with van der Waals surface area (Å²) >= 11 is 0. The van der Waals surface area contributed by atoms with Crippen molar-refractivity contribution in [2.24, 2.45) is 5.16 Å². The van der Waals surface area contributed by atoms with Crippen LogP contribution in [0.5, 0.6) is 0 Å². The van der Waals surface area contributed by atoms with E-state index in [1.807, 2.05) is 12.2 Å². The Hall–Kier alpha value is -1.62. The number of hydrogen-bond donors (Lipinski definition) is 2. The van der Waals surface area contributed by atoms with E-state index < -0.39 is 0 Å². The van der Waals surface area contributed by atoms with Crippen LogP contribution < -0.4 is 5.32 Å². The summed E-state index contributed by atoms with van der Waals surface area (Å²) in [5.74, 6) is -0.388. The molecule has 0 rings (SSSR count). The number of hydrogen-bond acceptors (Lipinski definition) is 4. The Labute approximate surface area is 96.1 Å². The molecule has 0 unspecified atom stereocenters. The Morgan fingerprint density at radius 1 is 1.38 bits per heavy atom. The molecule has 2 N–H and O–H groups in total. The molecule has 0 spiro atoms. The average molecular weight is 225 g/mol. The van der Waals surface area contributed by atoms with Crippen molar-refractivity contribution in [3.05, 3.63) is 25.3 Å². The Balaban J connectivity index is 3.64. The maximum absolute atomic E-state index is 10.9. The first-order chi connectivity index (χ1) is 7.74. The first kappa shape index (κ1) is 14.4. The zero-order chi connectivity index (χ0) is 12.2. The molecule has 0 aliphatic carbocycles. The maximum atomic E-state index is 10.9. The lowest BCUT2D eigenvalue weighted by molar-refractivity contribution is -0.114.